The van der Waals surface area contributed by atoms with Gasteiger partial charge in [-0.1, -0.05) is 12.1 Å². The second kappa shape index (κ2) is 6.42. The third kappa shape index (κ3) is 2.92. The Kier molecular flexibility index (Phi) is 4.13. The zero-order chi connectivity index (χ0) is 18.5. The van der Waals surface area contributed by atoms with E-state index in [-0.39, 0.29) is 11.3 Å². The molecule has 4 aliphatic rings. The topological polar surface area (TPSA) is 34.2 Å². The molecule has 146 valence electrons. The molecule has 3 fully saturated rings. The van der Waals surface area contributed by atoms with E-state index in [0.29, 0.717) is 6.04 Å². The molecule has 0 N–H and O–H groups in total. The predicted octanol–water partition coefficient (Wildman–Crippen LogP) is 3.15. The number of nitrogens with zero attached hydrogens (tertiary/aromatic N) is 2. The molecule has 0 amide bonds. The van der Waals surface area contributed by atoms with Crippen LogP contribution in [0.15, 0.2) is 36.2 Å². The van der Waals surface area contributed by atoms with Gasteiger partial charge in [-0.2, -0.15) is 0 Å². The van der Waals surface area contributed by atoms with E-state index < -0.39 is 0 Å². The van der Waals surface area contributed by atoms with Crippen LogP contribution < -0.4 is 4.74 Å². The van der Waals surface area contributed by atoms with Gasteiger partial charge in [0.05, 0.1) is 20.3 Å². The van der Waals surface area contributed by atoms with Gasteiger partial charge in [0.25, 0.3) is 0 Å². The fourth-order valence-corrected chi connectivity index (χ4v) is 5.57. The minimum absolute atomic E-state index is 0.272. The molecule has 2 bridgehead atoms. The van der Waals surface area contributed by atoms with Crippen molar-refractivity contribution in [2.75, 3.05) is 33.9 Å². The maximum atomic E-state index is 5.98. The number of hydrogen-bond acceptors (Lipinski definition) is 5. The van der Waals surface area contributed by atoms with E-state index >= 15 is 0 Å². The zero-order valence-electron chi connectivity index (χ0n) is 16.4. The van der Waals surface area contributed by atoms with Crippen molar-refractivity contribution in [1.29, 1.82) is 0 Å². The molecular formula is C22H30N2O3. The maximum absolute atomic E-state index is 5.98. The van der Waals surface area contributed by atoms with Crippen molar-refractivity contribution >= 4 is 0 Å². The first-order valence-electron chi connectivity index (χ1n) is 10.2. The lowest BCUT2D eigenvalue weighted by atomic mass is 9.76. The Morgan fingerprint density at radius 3 is 2.44 bits per heavy atom. The first kappa shape index (κ1) is 17.4. The highest BCUT2D eigenvalue weighted by molar-refractivity contribution is 5.31. The van der Waals surface area contributed by atoms with Gasteiger partial charge in [0.15, 0.2) is 5.79 Å². The van der Waals surface area contributed by atoms with Crippen molar-refractivity contribution in [2.24, 2.45) is 0 Å². The molecule has 2 saturated heterocycles. The number of methoxy groups -OCH3 is 1. The average molecular weight is 370 g/mol. The predicted molar refractivity (Wildman–Crippen MR) is 103 cm³/mol. The molecule has 0 unspecified atom stereocenters. The number of benzene rings is 1. The minimum Gasteiger partial charge on any atom is -0.497 e. The van der Waals surface area contributed by atoms with Gasteiger partial charge in [0.1, 0.15) is 5.75 Å². The van der Waals surface area contributed by atoms with Gasteiger partial charge in [-0.15, -0.1) is 0 Å². The Morgan fingerprint density at radius 2 is 1.78 bits per heavy atom. The first-order valence-corrected chi connectivity index (χ1v) is 10.2. The smallest absolute Gasteiger partial charge is 0.168 e. The maximum Gasteiger partial charge on any atom is 0.168 e. The molecule has 1 aromatic rings. The highest BCUT2D eigenvalue weighted by atomic mass is 16.7. The Balaban J connectivity index is 1.36. The summed E-state index contributed by atoms with van der Waals surface area (Å²) >= 11 is 0. The number of fused-ring (bicyclic) bond motifs is 3. The van der Waals surface area contributed by atoms with Gasteiger partial charge < -0.3 is 24.0 Å². The monoisotopic (exact) mass is 370 g/mol. The van der Waals surface area contributed by atoms with Crippen LogP contribution in [0.5, 0.6) is 5.75 Å². The molecule has 5 heteroatoms. The fourth-order valence-electron chi connectivity index (χ4n) is 5.57. The quantitative estimate of drug-likeness (QED) is 0.817. The van der Waals surface area contributed by atoms with Crippen molar-refractivity contribution < 1.29 is 14.2 Å². The van der Waals surface area contributed by atoms with Crippen molar-refractivity contribution in [3.8, 4) is 5.75 Å². The fraction of sp³-hybridized carbons (Fsp3) is 0.636. The van der Waals surface area contributed by atoms with E-state index in [4.69, 9.17) is 14.2 Å². The molecule has 1 aromatic carbocycles. The average Bonchev–Trinajstić information content (AvgIpc) is 3.27. The van der Waals surface area contributed by atoms with Crippen molar-refractivity contribution in [2.45, 2.75) is 55.9 Å². The molecule has 0 aromatic heterocycles. The van der Waals surface area contributed by atoms with Crippen LogP contribution in [0.25, 0.3) is 0 Å². The van der Waals surface area contributed by atoms with E-state index in [1.165, 1.54) is 17.7 Å². The summed E-state index contributed by atoms with van der Waals surface area (Å²) in [6.07, 6.45) is 8.98. The molecular weight excluding hydrogens is 340 g/mol. The summed E-state index contributed by atoms with van der Waals surface area (Å²) < 4.78 is 17.3. The van der Waals surface area contributed by atoms with E-state index in [1.807, 2.05) is 0 Å². The normalized spacial score (nSPS) is 28.1. The number of hydrogen-bond donors (Lipinski definition) is 0. The minimum atomic E-state index is -0.283. The molecule has 3 aliphatic heterocycles. The number of likely N-dealkylation sites (N-methyl/N-ethyl adjacent to an activating group) is 1. The summed E-state index contributed by atoms with van der Waals surface area (Å²) in [4.78, 5) is 5.17. The van der Waals surface area contributed by atoms with Gasteiger partial charge >= 0.3 is 0 Å². The van der Waals surface area contributed by atoms with Crippen molar-refractivity contribution in [1.82, 2.24) is 9.80 Å². The molecule has 27 heavy (non-hydrogen) atoms. The van der Waals surface area contributed by atoms with Crippen LogP contribution in [-0.4, -0.2) is 61.1 Å². The number of ether oxygens (including phenoxy) is 3. The second-order valence-electron chi connectivity index (χ2n) is 8.61. The Hall–Kier alpha value is -1.72. The largest absolute Gasteiger partial charge is 0.497 e. The lowest BCUT2D eigenvalue weighted by Crippen LogP contribution is -2.51. The summed E-state index contributed by atoms with van der Waals surface area (Å²) in [5.74, 6) is 0.634. The number of rotatable bonds is 3. The van der Waals surface area contributed by atoms with E-state index in [0.717, 1.165) is 57.6 Å². The van der Waals surface area contributed by atoms with Crippen LogP contribution in [0.4, 0.5) is 0 Å². The second-order valence-corrected chi connectivity index (χ2v) is 8.61. The van der Waals surface area contributed by atoms with Crippen LogP contribution in [0.2, 0.25) is 0 Å². The summed E-state index contributed by atoms with van der Waals surface area (Å²) in [5, 5.41) is 0. The van der Waals surface area contributed by atoms with E-state index in [9.17, 15) is 0 Å². The van der Waals surface area contributed by atoms with E-state index in [1.54, 1.807) is 7.11 Å². The van der Waals surface area contributed by atoms with Crippen molar-refractivity contribution in [3.05, 3.63) is 41.7 Å². The lowest BCUT2D eigenvalue weighted by molar-refractivity contribution is -0.190. The van der Waals surface area contributed by atoms with Crippen LogP contribution >= 0.6 is 0 Å². The molecule has 1 saturated carbocycles. The zero-order valence-corrected chi connectivity index (χ0v) is 16.4. The van der Waals surface area contributed by atoms with Crippen molar-refractivity contribution in [3.63, 3.8) is 0 Å². The van der Waals surface area contributed by atoms with Crippen LogP contribution in [0.3, 0.4) is 0 Å². The first-order chi connectivity index (χ1) is 13.1. The third-order valence-corrected chi connectivity index (χ3v) is 7.16. The van der Waals surface area contributed by atoms with Gasteiger partial charge in [0.2, 0.25) is 0 Å². The molecule has 3 heterocycles. The molecule has 5 nitrogen and oxygen atoms in total. The van der Waals surface area contributed by atoms with Crippen LogP contribution in [0, 0.1) is 0 Å². The van der Waals surface area contributed by atoms with Gasteiger partial charge in [0, 0.05) is 56.3 Å². The summed E-state index contributed by atoms with van der Waals surface area (Å²) in [5.41, 5.74) is 3.06. The third-order valence-electron chi connectivity index (χ3n) is 7.16. The van der Waals surface area contributed by atoms with E-state index in [2.05, 4.69) is 47.3 Å². The SMILES string of the molecule is COc1ccc(CC2=CN(C)[C@@H]3CN2C2(CCC4(CC2)OCCO4)C3)cc1. The number of allylic oxidation sites excluding steroid dienone is 1. The summed E-state index contributed by atoms with van der Waals surface area (Å²) in [7, 11) is 3.96. The van der Waals surface area contributed by atoms with Crippen LogP contribution in [0.1, 0.15) is 37.7 Å². The Bertz CT molecular complexity index is 714. The van der Waals surface area contributed by atoms with Gasteiger partial charge in [-0.3, -0.25) is 0 Å². The summed E-state index contributed by atoms with van der Waals surface area (Å²) in [6.45, 7) is 2.66. The highest BCUT2D eigenvalue weighted by Gasteiger charge is 2.54. The molecule has 1 aliphatic carbocycles. The van der Waals surface area contributed by atoms with Gasteiger partial charge in [-0.05, 0) is 37.0 Å². The lowest BCUT2D eigenvalue weighted by Gasteiger charge is -2.48. The van der Waals surface area contributed by atoms with Crippen LogP contribution in [-0.2, 0) is 15.9 Å². The Morgan fingerprint density at radius 1 is 1.07 bits per heavy atom. The highest BCUT2D eigenvalue weighted by Crippen LogP contribution is 2.51. The van der Waals surface area contributed by atoms with Gasteiger partial charge in [-0.25, -0.2) is 0 Å². The molecule has 2 spiro atoms. The molecule has 0 radical (unpaired) electrons. The molecule has 5 rings (SSSR count). The Labute approximate surface area is 161 Å². The standard InChI is InChI=1S/C22H30N2O3/c1-23-15-18(13-17-3-5-20(25-2)6-4-17)24-16-19(23)14-21(24)7-9-22(10-8-21)26-11-12-27-22/h3-6,15,19H,7-14,16H2,1-2H3/t19-/m0/s1. The molecule has 1 atom stereocenters. The summed E-state index contributed by atoms with van der Waals surface area (Å²) in [6, 6.07) is 9.12.